The minimum atomic E-state index is 0.713. The summed E-state index contributed by atoms with van der Waals surface area (Å²) >= 11 is 0. The number of rotatable bonds is 2. The molecule has 0 radical (unpaired) electrons. The highest BCUT2D eigenvalue weighted by molar-refractivity contribution is 5.53. The Morgan fingerprint density at radius 2 is 2.00 bits per heavy atom. The second kappa shape index (κ2) is 4.70. The lowest BCUT2D eigenvalue weighted by Gasteiger charge is -2.36. The summed E-state index contributed by atoms with van der Waals surface area (Å²) in [6.45, 7) is 2.18. The Hall–Kier alpha value is -1.29. The zero-order chi connectivity index (χ0) is 11.5. The summed E-state index contributed by atoms with van der Waals surface area (Å²) in [4.78, 5) is 8.82. The third kappa shape index (κ3) is 2.44. The molecule has 1 aliphatic heterocycles. The van der Waals surface area contributed by atoms with E-state index in [1.54, 1.807) is 6.20 Å². The molecule has 0 saturated carbocycles. The van der Waals surface area contributed by atoms with Crippen LogP contribution < -0.4 is 10.6 Å². The van der Waals surface area contributed by atoms with Crippen molar-refractivity contribution in [2.24, 2.45) is 0 Å². The van der Waals surface area contributed by atoms with Crippen LogP contribution in [0, 0.1) is 0 Å². The van der Waals surface area contributed by atoms with Gasteiger partial charge in [-0.2, -0.15) is 0 Å². The lowest BCUT2D eigenvalue weighted by molar-refractivity contribution is 0.249. The van der Waals surface area contributed by atoms with Crippen LogP contribution in [-0.4, -0.2) is 43.1 Å². The first kappa shape index (κ1) is 11.2. The molecule has 4 heteroatoms. The van der Waals surface area contributed by atoms with E-state index in [0.717, 1.165) is 24.5 Å². The summed E-state index contributed by atoms with van der Waals surface area (Å²) in [6, 6.07) is 2.72. The monoisotopic (exact) mass is 220 g/mol. The summed E-state index contributed by atoms with van der Waals surface area (Å²) < 4.78 is 0. The second-order valence-electron chi connectivity index (χ2n) is 4.66. The van der Waals surface area contributed by atoms with E-state index in [9.17, 15) is 0 Å². The Bertz CT molecular complexity index is 343. The van der Waals surface area contributed by atoms with Crippen molar-refractivity contribution in [3.05, 3.63) is 18.5 Å². The zero-order valence-electron chi connectivity index (χ0n) is 10.1. The molecule has 0 spiro atoms. The molecular formula is C12H20N4. The molecule has 1 saturated heterocycles. The predicted octanol–water partition coefficient (Wildman–Crippen LogP) is 1.19. The molecule has 2 N–H and O–H groups in total. The predicted molar refractivity (Wildman–Crippen MR) is 67.6 cm³/mol. The summed E-state index contributed by atoms with van der Waals surface area (Å²) in [7, 11) is 4.31. The first-order chi connectivity index (χ1) is 7.66. The Morgan fingerprint density at radius 1 is 1.31 bits per heavy atom. The molecule has 1 fully saturated rings. The third-order valence-electron chi connectivity index (χ3n) is 3.30. The number of anilines is 2. The highest BCUT2D eigenvalue weighted by atomic mass is 15.2. The van der Waals surface area contributed by atoms with Gasteiger partial charge in [0.15, 0.2) is 0 Å². The van der Waals surface area contributed by atoms with Crippen LogP contribution in [-0.2, 0) is 0 Å². The molecule has 0 aliphatic carbocycles. The van der Waals surface area contributed by atoms with E-state index in [-0.39, 0.29) is 0 Å². The van der Waals surface area contributed by atoms with Gasteiger partial charge in [-0.25, -0.2) is 0 Å². The molecule has 0 unspecified atom stereocenters. The Kier molecular flexibility index (Phi) is 3.29. The number of nitrogen functional groups attached to an aromatic ring is 1. The maximum atomic E-state index is 5.74. The van der Waals surface area contributed by atoms with Crippen molar-refractivity contribution >= 4 is 11.4 Å². The van der Waals surface area contributed by atoms with Gasteiger partial charge in [0.05, 0.1) is 17.6 Å². The fourth-order valence-corrected chi connectivity index (χ4v) is 2.26. The molecular weight excluding hydrogens is 200 g/mol. The molecule has 4 nitrogen and oxygen atoms in total. The third-order valence-corrected chi connectivity index (χ3v) is 3.30. The maximum Gasteiger partial charge on any atom is 0.0573 e. The number of aromatic nitrogens is 1. The lowest BCUT2D eigenvalue weighted by atomic mass is 10.0. The van der Waals surface area contributed by atoms with Gasteiger partial charge in [0.1, 0.15) is 0 Å². The van der Waals surface area contributed by atoms with Crippen LogP contribution in [0.2, 0.25) is 0 Å². The van der Waals surface area contributed by atoms with E-state index in [1.165, 1.54) is 12.8 Å². The average molecular weight is 220 g/mol. The lowest BCUT2D eigenvalue weighted by Crippen LogP contribution is -2.42. The first-order valence-electron chi connectivity index (χ1n) is 5.78. The highest BCUT2D eigenvalue weighted by Crippen LogP contribution is 2.22. The van der Waals surface area contributed by atoms with Gasteiger partial charge in [0.25, 0.3) is 0 Å². The fraction of sp³-hybridized carbons (Fsp3) is 0.583. The van der Waals surface area contributed by atoms with Crippen LogP contribution in [0.25, 0.3) is 0 Å². The van der Waals surface area contributed by atoms with E-state index < -0.39 is 0 Å². The Balaban J connectivity index is 1.99. The molecule has 16 heavy (non-hydrogen) atoms. The topological polar surface area (TPSA) is 45.4 Å². The average Bonchev–Trinajstić information content (AvgIpc) is 2.29. The van der Waals surface area contributed by atoms with Crippen molar-refractivity contribution in [3.63, 3.8) is 0 Å². The molecule has 1 aromatic heterocycles. The molecule has 0 amide bonds. The molecule has 0 atom stereocenters. The minimum Gasteiger partial charge on any atom is -0.397 e. The number of nitrogens with two attached hydrogens (primary N) is 1. The van der Waals surface area contributed by atoms with Crippen LogP contribution in [0.5, 0.6) is 0 Å². The smallest absolute Gasteiger partial charge is 0.0573 e. The van der Waals surface area contributed by atoms with Crippen molar-refractivity contribution in [3.8, 4) is 0 Å². The van der Waals surface area contributed by atoms with Crippen molar-refractivity contribution in [2.75, 3.05) is 37.8 Å². The molecule has 88 valence electrons. The van der Waals surface area contributed by atoms with Crippen molar-refractivity contribution < 1.29 is 0 Å². The minimum absolute atomic E-state index is 0.713. The van der Waals surface area contributed by atoms with Gasteiger partial charge in [-0.15, -0.1) is 0 Å². The molecule has 2 rings (SSSR count). The number of pyridine rings is 1. The maximum absolute atomic E-state index is 5.74. The standard InChI is InChI=1S/C12H20N4/c1-15(2)11-3-5-16(6-4-11)12-7-10(13)8-14-9-12/h7-9,11H,3-6,13H2,1-2H3. The van der Waals surface area contributed by atoms with Gasteiger partial charge in [0.2, 0.25) is 0 Å². The highest BCUT2D eigenvalue weighted by Gasteiger charge is 2.20. The van der Waals surface area contributed by atoms with E-state index in [0.29, 0.717) is 6.04 Å². The quantitative estimate of drug-likeness (QED) is 0.813. The van der Waals surface area contributed by atoms with Gasteiger partial charge < -0.3 is 15.5 Å². The van der Waals surface area contributed by atoms with Crippen LogP contribution in [0.4, 0.5) is 11.4 Å². The van der Waals surface area contributed by atoms with Crippen molar-refractivity contribution in [1.29, 1.82) is 0 Å². The van der Waals surface area contributed by atoms with Crippen LogP contribution in [0.15, 0.2) is 18.5 Å². The molecule has 1 aliphatic rings. The van der Waals surface area contributed by atoms with Gasteiger partial charge in [-0.1, -0.05) is 0 Å². The van der Waals surface area contributed by atoms with Gasteiger partial charge in [-0.3, -0.25) is 4.98 Å². The van der Waals surface area contributed by atoms with Gasteiger partial charge >= 0.3 is 0 Å². The van der Waals surface area contributed by atoms with E-state index in [1.807, 2.05) is 12.3 Å². The Labute approximate surface area is 97.1 Å². The van der Waals surface area contributed by atoms with E-state index in [4.69, 9.17) is 5.73 Å². The molecule has 0 bridgehead atoms. The molecule has 0 aromatic carbocycles. The van der Waals surface area contributed by atoms with E-state index >= 15 is 0 Å². The first-order valence-corrected chi connectivity index (χ1v) is 5.78. The Morgan fingerprint density at radius 3 is 2.56 bits per heavy atom. The van der Waals surface area contributed by atoms with Gasteiger partial charge in [-0.05, 0) is 33.0 Å². The summed E-state index contributed by atoms with van der Waals surface area (Å²) in [5.41, 5.74) is 7.64. The number of hydrogen-bond donors (Lipinski definition) is 1. The summed E-state index contributed by atoms with van der Waals surface area (Å²) in [5, 5.41) is 0. The zero-order valence-corrected chi connectivity index (χ0v) is 10.1. The van der Waals surface area contributed by atoms with Crippen LogP contribution in [0.1, 0.15) is 12.8 Å². The van der Waals surface area contributed by atoms with Gasteiger partial charge in [0, 0.05) is 25.3 Å². The second-order valence-corrected chi connectivity index (χ2v) is 4.66. The molecule has 1 aromatic rings. The van der Waals surface area contributed by atoms with Crippen LogP contribution in [0.3, 0.4) is 0 Å². The SMILES string of the molecule is CN(C)C1CCN(c2cncc(N)c2)CC1. The fourth-order valence-electron chi connectivity index (χ4n) is 2.26. The number of nitrogens with zero attached hydrogens (tertiary/aromatic N) is 3. The largest absolute Gasteiger partial charge is 0.397 e. The normalized spacial score (nSPS) is 18.1. The number of hydrogen-bond acceptors (Lipinski definition) is 4. The van der Waals surface area contributed by atoms with Crippen molar-refractivity contribution in [2.45, 2.75) is 18.9 Å². The van der Waals surface area contributed by atoms with E-state index in [2.05, 4.69) is 28.9 Å². The number of piperidine rings is 1. The van der Waals surface area contributed by atoms with Crippen LogP contribution >= 0.6 is 0 Å². The summed E-state index contributed by atoms with van der Waals surface area (Å²) in [5.74, 6) is 0. The molecule has 2 heterocycles. The van der Waals surface area contributed by atoms with Crippen molar-refractivity contribution in [1.82, 2.24) is 9.88 Å². The summed E-state index contributed by atoms with van der Waals surface area (Å²) in [6.07, 6.45) is 6.01.